The number of aliphatic hydroxyl groups excluding tert-OH is 1. The van der Waals surface area contributed by atoms with E-state index in [1.54, 1.807) is 24.3 Å². The topological polar surface area (TPSA) is 108 Å². The Morgan fingerprint density at radius 3 is 2.62 bits per heavy atom. The van der Waals surface area contributed by atoms with Crippen molar-refractivity contribution >= 4 is 35.0 Å². The van der Waals surface area contributed by atoms with Crippen molar-refractivity contribution in [2.45, 2.75) is 24.1 Å². The van der Waals surface area contributed by atoms with E-state index in [0.717, 1.165) is 4.90 Å². The van der Waals surface area contributed by atoms with Crippen LogP contribution in [-0.2, 0) is 24.7 Å². The van der Waals surface area contributed by atoms with Crippen LogP contribution in [0, 0.1) is 17.7 Å². The fourth-order valence-electron chi connectivity index (χ4n) is 5.49. The molecular formula is C24H23ClFN3O5. The maximum Gasteiger partial charge on any atom is 0.250 e. The summed E-state index contributed by atoms with van der Waals surface area (Å²) < 4.78 is 19.3. The molecule has 8 nitrogen and oxygen atoms in total. The highest BCUT2D eigenvalue weighted by molar-refractivity contribution is 6.30. The third-order valence-electron chi connectivity index (χ3n) is 6.98. The number of likely N-dealkylation sites (tertiary alicyclic amines) is 1. The summed E-state index contributed by atoms with van der Waals surface area (Å²) in [6.07, 6.45) is -0.805. The molecule has 2 fully saturated rings. The molecule has 5 rings (SSSR count). The van der Waals surface area contributed by atoms with Gasteiger partial charge in [-0.25, -0.2) is 4.39 Å². The van der Waals surface area contributed by atoms with Gasteiger partial charge in [0.2, 0.25) is 17.7 Å². The van der Waals surface area contributed by atoms with E-state index >= 15 is 0 Å². The van der Waals surface area contributed by atoms with Crippen molar-refractivity contribution in [3.63, 3.8) is 0 Å². The van der Waals surface area contributed by atoms with Gasteiger partial charge in [0, 0.05) is 36.5 Å². The number of fused-ring (bicyclic) bond motifs is 4. The third-order valence-corrected chi connectivity index (χ3v) is 7.24. The van der Waals surface area contributed by atoms with Crippen molar-refractivity contribution in [3.05, 3.63) is 64.4 Å². The number of carbonyl (C=O) groups is 3. The average molecular weight is 488 g/mol. The Morgan fingerprint density at radius 1 is 1.18 bits per heavy atom. The standard InChI is InChI=1S/C24H23ClFN3O5/c1-34-10-2-9-29-21(31)17-18(22(29)32)24(15-11-14(26)7-8-16(15)27-23(24)33)28-19(17)20(30)12-3-5-13(25)6-4-12/h3-8,11,17-20,28,30H,2,9-10H2,1H3,(H,27,33)/t17-,18-,19-,20-,24-/m0/s1. The Bertz CT molecular complexity index is 1180. The molecule has 3 amide bonds. The first-order valence-corrected chi connectivity index (χ1v) is 11.3. The maximum atomic E-state index is 14.3. The molecule has 0 unspecified atom stereocenters. The number of amides is 3. The zero-order valence-electron chi connectivity index (χ0n) is 18.3. The summed E-state index contributed by atoms with van der Waals surface area (Å²) in [4.78, 5) is 41.6. The summed E-state index contributed by atoms with van der Waals surface area (Å²) in [6, 6.07) is 9.30. The van der Waals surface area contributed by atoms with Crippen molar-refractivity contribution in [1.82, 2.24) is 10.2 Å². The summed E-state index contributed by atoms with van der Waals surface area (Å²) in [5, 5.41) is 17.6. The van der Waals surface area contributed by atoms with Crippen LogP contribution in [-0.4, -0.2) is 54.0 Å². The number of benzene rings is 2. The fraction of sp³-hybridized carbons (Fsp3) is 0.375. The summed E-state index contributed by atoms with van der Waals surface area (Å²) >= 11 is 5.97. The van der Waals surface area contributed by atoms with E-state index in [4.69, 9.17) is 16.3 Å². The highest BCUT2D eigenvalue weighted by atomic mass is 35.5. The van der Waals surface area contributed by atoms with Crippen molar-refractivity contribution in [2.75, 3.05) is 25.6 Å². The fourth-order valence-corrected chi connectivity index (χ4v) is 5.61. The molecule has 2 aromatic rings. The van der Waals surface area contributed by atoms with Crippen molar-refractivity contribution in [3.8, 4) is 0 Å². The molecule has 3 N–H and O–H groups in total. The molecule has 5 atom stereocenters. The van der Waals surface area contributed by atoms with Crippen LogP contribution in [0.4, 0.5) is 10.1 Å². The average Bonchev–Trinajstić information content (AvgIpc) is 3.40. The number of hydrogen-bond donors (Lipinski definition) is 3. The van der Waals surface area contributed by atoms with Crippen LogP contribution >= 0.6 is 11.6 Å². The second-order valence-corrected chi connectivity index (χ2v) is 9.23. The van der Waals surface area contributed by atoms with Crippen molar-refractivity contribution < 1.29 is 28.6 Å². The lowest BCUT2D eigenvalue weighted by atomic mass is 9.76. The van der Waals surface area contributed by atoms with Gasteiger partial charge in [0.05, 0.1) is 24.0 Å². The molecule has 34 heavy (non-hydrogen) atoms. The number of anilines is 1. The minimum Gasteiger partial charge on any atom is -0.387 e. The third kappa shape index (κ3) is 3.26. The monoisotopic (exact) mass is 487 g/mol. The number of hydrogen-bond acceptors (Lipinski definition) is 6. The number of nitrogens with one attached hydrogen (secondary N) is 2. The van der Waals surface area contributed by atoms with Gasteiger partial charge in [-0.15, -0.1) is 0 Å². The van der Waals surface area contributed by atoms with Crippen LogP contribution < -0.4 is 10.6 Å². The molecule has 3 heterocycles. The lowest BCUT2D eigenvalue weighted by Gasteiger charge is -2.30. The van der Waals surface area contributed by atoms with Crippen LogP contribution in [0.1, 0.15) is 23.7 Å². The lowest BCUT2D eigenvalue weighted by Crippen LogP contribution is -2.54. The zero-order valence-corrected chi connectivity index (χ0v) is 19.0. The second kappa shape index (κ2) is 8.42. The molecule has 1 spiro atoms. The molecule has 0 saturated carbocycles. The first-order chi connectivity index (χ1) is 16.3. The first kappa shape index (κ1) is 22.9. The molecule has 10 heteroatoms. The Morgan fingerprint density at radius 2 is 1.91 bits per heavy atom. The summed E-state index contributed by atoms with van der Waals surface area (Å²) in [5.74, 6) is -4.32. The predicted octanol–water partition coefficient (Wildman–Crippen LogP) is 1.97. The van der Waals surface area contributed by atoms with Crippen molar-refractivity contribution in [2.24, 2.45) is 11.8 Å². The van der Waals surface area contributed by atoms with Crippen LogP contribution in [0.15, 0.2) is 42.5 Å². The number of aliphatic hydroxyl groups is 1. The zero-order chi connectivity index (χ0) is 24.2. The van der Waals surface area contributed by atoms with Crippen LogP contribution in [0.5, 0.6) is 0 Å². The molecule has 3 aliphatic rings. The maximum absolute atomic E-state index is 14.3. The molecule has 0 bridgehead atoms. The Hall–Kier alpha value is -2.85. The summed E-state index contributed by atoms with van der Waals surface area (Å²) in [5.41, 5.74) is -0.618. The minimum absolute atomic E-state index is 0.121. The van der Waals surface area contributed by atoms with Crippen molar-refractivity contribution in [1.29, 1.82) is 0 Å². The molecule has 2 saturated heterocycles. The van der Waals surface area contributed by atoms with Gasteiger partial charge in [-0.1, -0.05) is 23.7 Å². The van der Waals surface area contributed by atoms with Crippen LogP contribution in [0.3, 0.4) is 0 Å². The number of methoxy groups -OCH3 is 1. The molecule has 2 aromatic carbocycles. The number of ether oxygens (including phenoxy) is 1. The van der Waals surface area contributed by atoms with Gasteiger partial charge in [-0.2, -0.15) is 0 Å². The van der Waals surface area contributed by atoms with E-state index in [1.807, 2.05) is 0 Å². The predicted molar refractivity (Wildman–Crippen MR) is 120 cm³/mol. The van der Waals surface area contributed by atoms with Gasteiger partial charge < -0.3 is 15.2 Å². The van der Waals surface area contributed by atoms with Gasteiger partial charge >= 0.3 is 0 Å². The number of carbonyl (C=O) groups excluding carboxylic acids is 3. The van der Waals surface area contributed by atoms with E-state index < -0.39 is 53.1 Å². The molecule has 0 aliphatic carbocycles. The van der Waals surface area contributed by atoms with Crippen LogP contribution in [0.2, 0.25) is 5.02 Å². The minimum atomic E-state index is -1.69. The highest BCUT2D eigenvalue weighted by Gasteiger charge is 2.71. The van der Waals surface area contributed by atoms with E-state index in [2.05, 4.69) is 10.6 Å². The summed E-state index contributed by atoms with van der Waals surface area (Å²) in [6.45, 7) is 0.469. The van der Waals surface area contributed by atoms with Gasteiger partial charge in [0.15, 0.2) is 0 Å². The molecular weight excluding hydrogens is 465 g/mol. The Kier molecular flexibility index (Phi) is 5.68. The van der Waals surface area contributed by atoms with Gasteiger partial charge in [0.25, 0.3) is 0 Å². The molecule has 3 aliphatic heterocycles. The smallest absolute Gasteiger partial charge is 0.250 e. The molecule has 178 valence electrons. The first-order valence-electron chi connectivity index (χ1n) is 11.0. The number of rotatable bonds is 6. The molecule has 0 aromatic heterocycles. The van der Waals surface area contributed by atoms with E-state index in [-0.39, 0.29) is 12.1 Å². The lowest BCUT2D eigenvalue weighted by molar-refractivity contribution is -0.143. The van der Waals surface area contributed by atoms with Crippen LogP contribution in [0.25, 0.3) is 0 Å². The van der Waals surface area contributed by atoms with Gasteiger partial charge in [-0.3, -0.25) is 24.6 Å². The van der Waals surface area contributed by atoms with E-state index in [0.29, 0.717) is 29.3 Å². The number of imide groups is 1. The van der Waals surface area contributed by atoms with Gasteiger partial charge in [0.1, 0.15) is 11.4 Å². The molecule has 0 radical (unpaired) electrons. The quantitative estimate of drug-likeness (QED) is 0.425. The Balaban J connectivity index is 1.61. The highest BCUT2D eigenvalue weighted by Crippen LogP contribution is 2.54. The van der Waals surface area contributed by atoms with E-state index in [9.17, 15) is 23.9 Å². The summed E-state index contributed by atoms with van der Waals surface area (Å²) in [7, 11) is 1.52. The number of nitrogens with zero attached hydrogens (tertiary/aromatic N) is 1. The normalized spacial score (nSPS) is 28.4. The number of halogens is 2. The van der Waals surface area contributed by atoms with E-state index in [1.165, 1.54) is 25.3 Å². The largest absolute Gasteiger partial charge is 0.387 e. The van der Waals surface area contributed by atoms with Gasteiger partial charge in [-0.05, 0) is 42.3 Å². The second-order valence-electron chi connectivity index (χ2n) is 8.80. The SMILES string of the molecule is COCCCN1C(=O)[C@@H]2[C@@H]([C@@H](O)c3ccc(Cl)cc3)N[C@]3(C(=O)Nc4ccc(F)cc43)[C@@H]2C1=O. The Labute approximate surface area is 200 Å².